The summed E-state index contributed by atoms with van der Waals surface area (Å²) in [5.41, 5.74) is 7.53. The van der Waals surface area contributed by atoms with Crippen LogP contribution in [0.25, 0.3) is 0 Å². The van der Waals surface area contributed by atoms with Crippen LogP contribution in [0, 0.1) is 13.8 Å². The molecule has 0 unspecified atom stereocenters. The molecule has 0 aliphatic heterocycles. The smallest absolute Gasteiger partial charge is 0.258 e. The van der Waals surface area contributed by atoms with Crippen molar-refractivity contribution in [1.29, 1.82) is 0 Å². The van der Waals surface area contributed by atoms with Crippen molar-refractivity contribution in [2.24, 2.45) is 0 Å². The molecule has 5 heteroatoms. The minimum Gasteiger partial charge on any atom is -0.482 e. The number of benzene rings is 1. The summed E-state index contributed by atoms with van der Waals surface area (Å²) in [7, 11) is 0. The number of aryl methyl sites for hydroxylation is 2. The van der Waals surface area contributed by atoms with Crippen molar-refractivity contribution in [1.82, 2.24) is 5.32 Å². The van der Waals surface area contributed by atoms with Gasteiger partial charge >= 0.3 is 0 Å². The molecule has 1 heterocycles. The van der Waals surface area contributed by atoms with Crippen LogP contribution in [0.5, 0.6) is 5.75 Å². The van der Waals surface area contributed by atoms with Crippen molar-refractivity contribution >= 4 is 22.9 Å². The number of amides is 1. The lowest BCUT2D eigenvalue weighted by atomic mass is 10.3. The third-order valence-electron chi connectivity index (χ3n) is 2.95. The summed E-state index contributed by atoms with van der Waals surface area (Å²) in [4.78, 5) is 14.1. The SMILES string of the molecule is Cc1cc(CNC(=O)COc2ccccc2N)sc1C. The molecule has 0 bridgehead atoms. The zero-order chi connectivity index (χ0) is 14.5. The molecule has 0 fully saturated rings. The lowest BCUT2D eigenvalue weighted by Crippen LogP contribution is -2.28. The molecule has 4 nitrogen and oxygen atoms in total. The molecule has 0 aliphatic carbocycles. The lowest BCUT2D eigenvalue weighted by Gasteiger charge is -2.08. The Bertz CT molecular complexity index is 588. The van der Waals surface area contributed by atoms with E-state index in [-0.39, 0.29) is 12.5 Å². The average molecular weight is 290 g/mol. The fraction of sp³-hybridized carbons (Fsp3) is 0.267. The molecule has 0 atom stereocenters. The van der Waals surface area contributed by atoms with Crippen LogP contribution in [0.3, 0.4) is 0 Å². The van der Waals surface area contributed by atoms with Crippen LogP contribution < -0.4 is 15.8 Å². The number of carbonyl (C=O) groups excluding carboxylic acids is 1. The number of hydrogen-bond acceptors (Lipinski definition) is 4. The monoisotopic (exact) mass is 290 g/mol. The maximum Gasteiger partial charge on any atom is 0.258 e. The molecule has 106 valence electrons. The Balaban J connectivity index is 1.80. The Morgan fingerprint density at radius 2 is 2.10 bits per heavy atom. The largest absolute Gasteiger partial charge is 0.482 e. The number of ether oxygens (including phenoxy) is 1. The molecule has 3 N–H and O–H groups in total. The summed E-state index contributed by atoms with van der Waals surface area (Å²) >= 11 is 1.70. The van der Waals surface area contributed by atoms with E-state index in [9.17, 15) is 4.79 Å². The number of nitrogen functional groups attached to an aromatic ring is 1. The van der Waals surface area contributed by atoms with E-state index in [2.05, 4.69) is 25.2 Å². The van der Waals surface area contributed by atoms with Gasteiger partial charge in [-0.15, -0.1) is 11.3 Å². The first-order valence-electron chi connectivity index (χ1n) is 6.36. The van der Waals surface area contributed by atoms with Gasteiger partial charge < -0.3 is 15.8 Å². The van der Waals surface area contributed by atoms with Gasteiger partial charge in [-0.1, -0.05) is 12.1 Å². The van der Waals surface area contributed by atoms with E-state index in [4.69, 9.17) is 10.5 Å². The van der Waals surface area contributed by atoms with Gasteiger partial charge in [-0.25, -0.2) is 0 Å². The van der Waals surface area contributed by atoms with E-state index >= 15 is 0 Å². The summed E-state index contributed by atoms with van der Waals surface area (Å²) in [6, 6.07) is 9.22. The third-order valence-corrected chi connectivity index (χ3v) is 4.11. The minimum absolute atomic E-state index is 0.0302. The van der Waals surface area contributed by atoms with Crippen molar-refractivity contribution in [2.45, 2.75) is 20.4 Å². The minimum atomic E-state index is -0.156. The van der Waals surface area contributed by atoms with Gasteiger partial charge in [0.15, 0.2) is 6.61 Å². The fourth-order valence-corrected chi connectivity index (χ4v) is 2.72. The van der Waals surface area contributed by atoms with Crippen LogP contribution in [0.15, 0.2) is 30.3 Å². The van der Waals surface area contributed by atoms with Crippen molar-refractivity contribution in [3.8, 4) is 5.75 Å². The Hall–Kier alpha value is -2.01. The number of hydrogen-bond donors (Lipinski definition) is 2. The molecule has 0 saturated carbocycles. The molecule has 0 saturated heterocycles. The standard InChI is InChI=1S/C15H18N2O2S/c1-10-7-12(20-11(10)2)8-17-15(18)9-19-14-6-4-3-5-13(14)16/h3-7H,8-9,16H2,1-2H3,(H,17,18). The van der Waals surface area contributed by atoms with E-state index in [1.165, 1.54) is 10.4 Å². The summed E-state index contributed by atoms with van der Waals surface area (Å²) in [6.07, 6.45) is 0. The van der Waals surface area contributed by atoms with E-state index in [1.54, 1.807) is 23.5 Å². The molecule has 0 radical (unpaired) electrons. The Labute approximate surface area is 122 Å². The maximum atomic E-state index is 11.7. The molecule has 1 aromatic carbocycles. The molecule has 2 rings (SSSR count). The summed E-state index contributed by atoms with van der Waals surface area (Å²) in [6.45, 7) is 4.65. The molecular weight excluding hydrogens is 272 g/mol. The van der Waals surface area contributed by atoms with Crippen molar-refractivity contribution in [2.75, 3.05) is 12.3 Å². The van der Waals surface area contributed by atoms with E-state index in [0.29, 0.717) is 18.0 Å². The number of anilines is 1. The van der Waals surface area contributed by atoms with Gasteiger partial charge in [0, 0.05) is 9.75 Å². The van der Waals surface area contributed by atoms with Gasteiger partial charge in [0.2, 0.25) is 0 Å². The van der Waals surface area contributed by atoms with Gasteiger partial charge in [0.05, 0.1) is 12.2 Å². The highest BCUT2D eigenvalue weighted by Gasteiger charge is 2.06. The Morgan fingerprint density at radius 1 is 1.35 bits per heavy atom. The van der Waals surface area contributed by atoms with Gasteiger partial charge in [-0.05, 0) is 37.6 Å². The normalized spacial score (nSPS) is 10.3. The predicted molar refractivity (Wildman–Crippen MR) is 82.0 cm³/mol. The van der Waals surface area contributed by atoms with Crippen molar-refractivity contribution in [3.63, 3.8) is 0 Å². The van der Waals surface area contributed by atoms with Crippen LogP contribution in [0.2, 0.25) is 0 Å². The van der Waals surface area contributed by atoms with Crippen LogP contribution >= 0.6 is 11.3 Å². The summed E-state index contributed by atoms with van der Waals surface area (Å²) < 4.78 is 5.38. The van der Waals surface area contributed by atoms with Crippen LogP contribution in [-0.4, -0.2) is 12.5 Å². The highest BCUT2D eigenvalue weighted by molar-refractivity contribution is 7.12. The zero-order valence-corrected chi connectivity index (χ0v) is 12.4. The zero-order valence-electron chi connectivity index (χ0n) is 11.6. The highest BCUT2D eigenvalue weighted by atomic mass is 32.1. The van der Waals surface area contributed by atoms with E-state index < -0.39 is 0 Å². The highest BCUT2D eigenvalue weighted by Crippen LogP contribution is 2.21. The number of nitrogens with one attached hydrogen (secondary N) is 1. The summed E-state index contributed by atoms with van der Waals surface area (Å²) in [5, 5.41) is 2.83. The molecular formula is C15H18N2O2S. The third kappa shape index (κ3) is 3.74. The quantitative estimate of drug-likeness (QED) is 0.832. The predicted octanol–water partition coefficient (Wildman–Crippen LogP) is 2.64. The van der Waals surface area contributed by atoms with Gasteiger partial charge in [0.25, 0.3) is 5.91 Å². The second-order valence-corrected chi connectivity index (χ2v) is 5.90. The molecule has 2 aromatic rings. The molecule has 0 spiro atoms. The number of carbonyl (C=O) groups is 1. The van der Waals surface area contributed by atoms with E-state index in [1.807, 2.05) is 12.1 Å². The molecule has 20 heavy (non-hydrogen) atoms. The number of nitrogens with two attached hydrogens (primary N) is 1. The number of para-hydroxylation sites is 2. The topological polar surface area (TPSA) is 64.3 Å². The molecule has 1 aromatic heterocycles. The summed E-state index contributed by atoms with van der Waals surface area (Å²) in [5.74, 6) is 0.377. The van der Waals surface area contributed by atoms with Crippen molar-refractivity contribution in [3.05, 3.63) is 45.6 Å². The Kier molecular flexibility index (Phi) is 4.63. The fourth-order valence-electron chi connectivity index (χ4n) is 1.73. The second-order valence-electron chi connectivity index (χ2n) is 4.56. The number of thiophene rings is 1. The Morgan fingerprint density at radius 3 is 2.75 bits per heavy atom. The maximum absolute atomic E-state index is 11.7. The van der Waals surface area contributed by atoms with Crippen molar-refractivity contribution < 1.29 is 9.53 Å². The first-order valence-corrected chi connectivity index (χ1v) is 7.18. The van der Waals surface area contributed by atoms with Gasteiger partial charge in [-0.2, -0.15) is 0 Å². The van der Waals surface area contributed by atoms with Crippen LogP contribution in [0.4, 0.5) is 5.69 Å². The second kappa shape index (κ2) is 6.43. The lowest BCUT2D eigenvalue weighted by molar-refractivity contribution is -0.123. The van der Waals surface area contributed by atoms with E-state index in [0.717, 1.165) is 4.88 Å². The first kappa shape index (κ1) is 14.4. The van der Waals surface area contributed by atoms with Crippen LogP contribution in [0.1, 0.15) is 15.3 Å². The number of rotatable bonds is 5. The van der Waals surface area contributed by atoms with Gasteiger partial charge in [0.1, 0.15) is 5.75 Å². The van der Waals surface area contributed by atoms with Crippen LogP contribution in [-0.2, 0) is 11.3 Å². The van der Waals surface area contributed by atoms with Gasteiger partial charge in [-0.3, -0.25) is 4.79 Å². The molecule has 1 amide bonds. The average Bonchev–Trinajstić information content (AvgIpc) is 2.75. The molecule has 0 aliphatic rings. The first-order chi connectivity index (χ1) is 9.56.